The van der Waals surface area contributed by atoms with Gasteiger partial charge in [-0.1, -0.05) is 72.8 Å². The third-order valence-corrected chi connectivity index (χ3v) is 7.03. The predicted molar refractivity (Wildman–Crippen MR) is 134 cm³/mol. The lowest BCUT2D eigenvalue weighted by atomic mass is 9.95. The number of nitrogens with one attached hydrogen (secondary N) is 2. The van der Waals surface area contributed by atoms with Gasteiger partial charge < -0.3 is 10.2 Å². The van der Waals surface area contributed by atoms with Gasteiger partial charge in [0.2, 0.25) is 0 Å². The highest BCUT2D eigenvalue weighted by molar-refractivity contribution is 6.22. The second kappa shape index (κ2) is 10.3. The summed E-state index contributed by atoms with van der Waals surface area (Å²) in [4.78, 5) is 26.6. The maximum atomic E-state index is 12.1. The molecule has 2 heterocycles. The number of hydrogen-bond donors (Lipinski definition) is 2. The molecule has 0 aromatic heterocycles. The minimum atomic E-state index is -0.277. The molecule has 2 N–H and O–H groups in total. The van der Waals surface area contributed by atoms with Crippen LogP contribution in [0.4, 0.5) is 0 Å². The first-order valence-electron chi connectivity index (χ1n) is 12.2. The van der Waals surface area contributed by atoms with E-state index in [1.165, 1.54) is 11.1 Å². The Labute approximate surface area is 201 Å². The molecule has 2 aliphatic heterocycles. The van der Waals surface area contributed by atoms with Gasteiger partial charge in [-0.15, -0.1) is 0 Å². The molecular formula is C29H31N3O2. The van der Waals surface area contributed by atoms with Crippen LogP contribution in [0.15, 0.2) is 78.9 Å². The van der Waals surface area contributed by atoms with Crippen LogP contribution in [0.25, 0.3) is 0 Å². The molecule has 5 heteroatoms. The van der Waals surface area contributed by atoms with Crippen molar-refractivity contribution in [1.29, 1.82) is 0 Å². The monoisotopic (exact) mass is 453 g/mol. The van der Waals surface area contributed by atoms with Crippen LogP contribution >= 0.6 is 0 Å². The summed E-state index contributed by atoms with van der Waals surface area (Å²) in [5, 5.41) is 6.34. The fraction of sp³-hybridized carbons (Fsp3) is 0.310. The van der Waals surface area contributed by atoms with Gasteiger partial charge in [0.25, 0.3) is 11.8 Å². The van der Waals surface area contributed by atoms with Crippen LogP contribution in [-0.2, 0) is 6.42 Å². The maximum absolute atomic E-state index is 12.1. The molecule has 0 spiro atoms. The van der Waals surface area contributed by atoms with E-state index in [9.17, 15) is 9.59 Å². The molecule has 3 aromatic rings. The van der Waals surface area contributed by atoms with Crippen molar-refractivity contribution in [2.45, 2.75) is 37.8 Å². The van der Waals surface area contributed by atoms with E-state index in [1.54, 1.807) is 6.07 Å². The highest BCUT2D eigenvalue weighted by atomic mass is 16.2. The summed E-state index contributed by atoms with van der Waals surface area (Å²) in [6.45, 7) is 3.15. The highest BCUT2D eigenvalue weighted by Gasteiger charge is 2.29. The first-order valence-corrected chi connectivity index (χ1v) is 12.2. The zero-order chi connectivity index (χ0) is 23.3. The number of aryl methyl sites for hydroxylation is 1. The van der Waals surface area contributed by atoms with Crippen LogP contribution < -0.4 is 10.6 Å². The minimum absolute atomic E-state index is 0.202. The zero-order valence-electron chi connectivity index (χ0n) is 19.4. The van der Waals surface area contributed by atoms with Crippen LogP contribution in [-0.4, -0.2) is 42.4 Å². The SMILES string of the molecule is O=C1NC(=O)c2c(CCCN3CCC(NC(c4ccccc4)c4ccccc4)CC3)cccc21. The van der Waals surface area contributed by atoms with Gasteiger partial charge in [-0.3, -0.25) is 14.9 Å². The zero-order valence-corrected chi connectivity index (χ0v) is 19.4. The Morgan fingerprint density at radius 2 is 1.47 bits per heavy atom. The van der Waals surface area contributed by atoms with Crippen LogP contribution in [0.1, 0.15) is 62.7 Å². The van der Waals surface area contributed by atoms with Crippen molar-refractivity contribution < 1.29 is 9.59 Å². The van der Waals surface area contributed by atoms with E-state index in [0.29, 0.717) is 17.2 Å². The van der Waals surface area contributed by atoms with Gasteiger partial charge in [-0.05, 0) is 68.1 Å². The van der Waals surface area contributed by atoms with Crippen LogP contribution in [0.2, 0.25) is 0 Å². The van der Waals surface area contributed by atoms with E-state index < -0.39 is 0 Å². The average molecular weight is 454 g/mol. The maximum Gasteiger partial charge on any atom is 0.259 e. The first kappa shape index (κ1) is 22.5. The van der Waals surface area contributed by atoms with Gasteiger partial charge in [0.05, 0.1) is 17.2 Å². The molecular weight excluding hydrogens is 422 g/mol. The highest BCUT2D eigenvalue weighted by Crippen LogP contribution is 2.25. The molecule has 5 rings (SSSR count). The Hall–Kier alpha value is -3.28. The molecule has 1 saturated heterocycles. The summed E-state index contributed by atoms with van der Waals surface area (Å²) >= 11 is 0. The summed E-state index contributed by atoms with van der Waals surface area (Å²) < 4.78 is 0. The number of fused-ring (bicyclic) bond motifs is 1. The van der Waals surface area contributed by atoms with Gasteiger partial charge in [-0.2, -0.15) is 0 Å². The first-order chi connectivity index (χ1) is 16.7. The summed E-state index contributed by atoms with van der Waals surface area (Å²) in [5.74, 6) is -0.533. The lowest BCUT2D eigenvalue weighted by molar-refractivity contribution is 0.0879. The van der Waals surface area contributed by atoms with Crippen molar-refractivity contribution in [3.05, 3.63) is 107 Å². The second-order valence-corrected chi connectivity index (χ2v) is 9.26. The third-order valence-electron chi connectivity index (χ3n) is 7.03. The van der Waals surface area contributed by atoms with Crippen LogP contribution in [0.5, 0.6) is 0 Å². The van der Waals surface area contributed by atoms with Crippen molar-refractivity contribution in [2.75, 3.05) is 19.6 Å². The minimum Gasteiger partial charge on any atom is -0.303 e. The standard InChI is InChI=1S/C29H31N3O2/c33-28-25-15-7-13-21(26(25)29(34)31-28)14-8-18-32-19-16-24(17-20-32)30-27(22-9-3-1-4-10-22)23-11-5-2-6-12-23/h1-7,9-13,15,24,27,30H,8,14,16-20H2,(H,31,33,34). The van der Waals surface area contributed by atoms with E-state index in [-0.39, 0.29) is 17.9 Å². The summed E-state index contributed by atoms with van der Waals surface area (Å²) in [6.07, 6.45) is 4.03. The van der Waals surface area contributed by atoms with E-state index in [1.807, 2.05) is 12.1 Å². The molecule has 5 nitrogen and oxygen atoms in total. The number of benzene rings is 3. The Kier molecular flexibility index (Phi) is 6.84. The predicted octanol–water partition coefficient (Wildman–Crippen LogP) is 4.35. The number of imide groups is 1. The number of carbonyl (C=O) groups excluding carboxylic acids is 2. The van der Waals surface area contributed by atoms with E-state index in [2.05, 4.69) is 76.2 Å². The smallest absolute Gasteiger partial charge is 0.259 e. The molecule has 3 aromatic carbocycles. The molecule has 1 fully saturated rings. The normalized spacial score (nSPS) is 16.6. The Balaban J connectivity index is 1.14. The van der Waals surface area contributed by atoms with Crippen molar-refractivity contribution in [1.82, 2.24) is 15.5 Å². The van der Waals surface area contributed by atoms with E-state index in [0.717, 1.165) is 50.9 Å². The lowest BCUT2D eigenvalue weighted by Crippen LogP contribution is -2.44. The number of carbonyl (C=O) groups is 2. The molecule has 2 amide bonds. The average Bonchev–Trinajstić information content (AvgIpc) is 3.18. The van der Waals surface area contributed by atoms with Crippen LogP contribution in [0, 0.1) is 0 Å². The van der Waals surface area contributed by atoms with Gasteiger partial charge in [0, 0.05) is 6.04 Å². The molecule has 34 heavy (non-hydrogen) atoms. The summed E-state index contributed by atoms with van der Waals surface area (Å²) in [6, 6.07) is 27.6. The number of piperidine rings is 1. The molecule has 2 aliphatic rings. The number of hydrogen-bond acceptors (Lipinski definition) is 4. The number of nitrogens with zero attached hydrogens (tertiary/aromatic N) is 1. The largest absolute Gasteiger partial charge is 0.303 e. The molecule has 0 saturated carbocycles. The van der Waals surface area contributed by atoms with Crippen molar-refractivity contribution >= 4 is 11.8 Å². The topological polar surface area (TPSA) is 61.4 Å². The van der Waals surface area contributed by atoms with E-state index in [4.69, 9.17) is 0 Å². The second-order valence-electron chi connectivity index (χ2n) is 9.26. The number of rotatable bonds is 8. The Bertz CT molecular complexity index is 1100. The van der Waals surface area contributed by atoms with Crippen molar-refractivity contribution in [3.63, 3.8) is 0 Å². The lowest BCUT2D eigenvalue weighted by Gasteiger charge is -2.35. The fourth-order valence-corrected chi connectivity index (χ4v) is 5.23. The summed E-state index contributed by atoms with van der Waals surface area (Å²) in [5.41, 5.74) is 4.66. The molecule has 0 bridgehead atoms. The van der Waals surface area contributed by atoms with Gasteiger partial charge in [-0.25, -0.2) is 0 Å². The van der Waals surface area contributed by atoms with Crippen molar-refractivity contribution in [2.24, 2.45) is 0 Å². The van der Waals surface area contributed by atoms with Gasteiger partial charge >= 0.3 is 0 Å². The third kappa shape index (κ3) is 4.96. The fourth-order valence-electron chi connectivity index (χ4n) is 5.23. The Morgan fingerprint density at radius 1 is 0.824 bits per heavy atom. The quantitative estimate of drug-likeness (QED) is 0.498. The van der Waals surface area contributed by atoms with Crippen molar-refractivity contribution in [3.8, 4) is 0 Å². The number of likely N-dealkylation sites (tertiary alicyclic amines) is 1. The molecule has 174 valence electrons. The molecule has 0 unspecified atom stereocenters. The van der Waals surface area contributed by atoms with Crippen LogP contribution in [0.3, 0.4) is 0 Å². The molecule has 0 atom stereocenters. The van der Waals surface area contributed by atoms with Gasteiger partial charge in [0.15, 0.2) is 0 Å². The van der Waals surface area contributed by atoms with Gasteiger partial charge in [0.1, 0.15) is 0 Å². The Morgan fingerprint density at radius 3 is 2.12 bits per heavy atom. The number of amides is 2. The molecule has 0 radical (unpaired) electrons. The molecule has 0 aliphatic carbocycles. The van der Waals surface area contributed by atoms with E-state index >= 15 is 0 Å². The summed E-state index contributed by atoms with van der Waals surface area (Å²) in [7, 11) is 0.